The van der Waals surface area contributed by atoms with Crippen LogP contribution in [-0.4, -0.2) is 20.6 Å². The van der Waals surface area contributed by atoms with Gasteiger partial charge in [0.1, 0.15) is 5.75 Å². The number of carbonyl (C=O) groups excluding carboxylic acids is 1. The first-order valence-electron chi connectivity index (χ1n) is 7.95. The number of ether oxygens (including phenoxy) is 1. The molecule has 2 aromatic carbocycles. The van der Waals surface area contributed by atoms with Gasteiger partial charge in [0, 0.05) is 17.5 Å². The second-order valence-corrected chi connectivity index (χ2v) is 7.16. The first kappa shape index (κ1) is 17.4. The van der Waals surface area contributed by atoms with Crippen LogP contribution in [0, 0.1) is 0 Å². The Bertz CT molecular complexity index is 1240. The van der Waals surface area contributed by atoms with Crippen LogP contribution < -0.4 is 14.8 Å². The van der Waals surface area contributed by atoms with E-state index in [0.717, 1.165) is 11.1 Å². The van der Waals surface area contributed by atoms with Crippen molar-refractivity contribution in [1.82, 2.24) is 14.6 Å². The van der Waals surface area contributed by atoms with E-state index in [0.29, 0.717) is 26.1 Å². The molecule has 0 aliphatic carbocycles. The van der Waals surface area contributed by atoms with Gasteiger partial charge >= 0.3 is 5.97 Å². The van der Waals surface area contributed by atoms with Gasteiger partial charge in [-0.15, -0.1) is 5.10 Å². The van der Waals surface area contributed by atoms with Gasteiger partial charge in [0.25, 0.3) is 5.56 Å². The molecular weight excluding hydrogens is 386 g/mol. The molecule has 2 heterocycles. The van der Waals surface area contributed by atoms with E-state index >= 15 is 0 Å². The summed E-state index contributed by atoms with van der Waals surface area (Å²) in [5.74, 6) is 0.556. The Hall–Kier alpha value is -3.03. The lowest BCUT2D eigenvalue weighted by Crippen LogP contribution is -2.23. The molecule has 0 saturated heterocycles. The molecule has 2 aromatic heterocycles. The number of halogens is 1. The molecule has 4 aromatic rings. The van der Waals surface area contributed by atoms with Crippen LogP contribution in [0.15, 0.2) is 53.3 Å². The summed E-state index contributed by atoms with van der Waals surface area (Å²) < 4.78 is 6.82. The number of benzene rings is 2. The van der Waals surface area contributed by atoms with Crippen LogP contribution >= 0.6 is 22.9 Å². The molecule has 0 N–H and O–H groups in total. The number of esters is 1. The lowest BCUT2D eigenvalue weighted by Gasteiger charge is -2.00. The average molecular weight is 398 g/mol. The summed E-state index contributed by atoms with van der Waals surface area (Å²) in [5, 5.41) is 4.93. The number of thiazole rings is 1. The van der Waals surface area contributed by atoms with Crippen molar-refractivity contribution in [3.05, 3.63) is 74.0 Å². The highest BCUT2D eigenvalue weighted by Crippen LogP contribution is 2.19. The molecule has 6 nitrogen and oxygen atoms in total. The first-order valence-corrected chi connectivity index (χ1v) is 9.15. The van der Waals surface area contributed by atoms with E-state index in [1.165, 1.54) is 22.8 Å². The third kappa shape index (κ3) is 3.60. The number of carbonyl (C=O) groups is 1. The van der Waals surface area contributed by atoms with Crippen molar-refractivity contribution in [2.45, 2.75) is 6.92 Å². The number of hydrogen-bond acceptors (Lipinski definition) is 6. The predicted molar refractivity (Wildman–Crippen MR) is 104 cm³/mol. The Kier molecular flexibility index (Phi) is 4.47. The largest absolute Gasteiger partial charge is 0.427 e. The second kappa shape index (κ2) is 6.94. The number of rotatable bonds is 3. The minimum atomic E-state index is -0.379. The number of nitrogens with zero attached hydrogens (tertiary/aromatic N) is 3. The van der Waals surface area contributed by atoms with Crippen LogP contribution in [0.25, 0.3) is 22.4 Å². The molecule has 0 bridgehead atoms. The van der Waals surface area contributed by atoms with Crippen LogP contribution in [0.3, 0.4) is 0 Å². The smallest absolute Gasteiger partial charge is 0.308 e. The van der Waals surface area contributed by atoms with Crippen LogP contribution in [0.4, 0.5) is 0 Å². The summed E-state index contributed by atoms with van der Waals surface area (Å²) >= 11 is 7.15. The molecule has 8 heteroatoms. The van der Waals surface area contributed by atoms with Gasteiger partial charge in [-0.25, -0.2) is 0 Å². The van der Waals surface area contributed by atoms with Crippen LogP contribution in [0.2, 0.25) is 5.02 Å². The van der Waals surface area contributed by atoms with Crippen LogP contribution in [-0.2, 0) is 4.79 Å². The molecule has 0 amide bonds. The lowest BCUT2D eigenvalue weighted by molar-refractivity contribution is -0.131. The topological polar surface area (TPSA) is 73.6 Å². The van der Waals surface area contributed by atoms with E-state index in [9.17, 15) is 9.59 Å². The van der Waals surface area contributed by atoms with E-state index in [-0.39, 0.29) is 11.5 Å². The summed E-state index contributed by atoms with van der Waals surface area (Å²) in [4.78, 5) is 28.5. The van der Waals surface area contributed by atoms with Gasteiger partial charge in [0.05, 0.1) is 4.53 Å². The third-order valence-electron chi connectivity index (χ3n) is 3.72. The van der Waals surface area contributed by atoms with Gasteiger partial charge < -0.3 is 4.74 Å². The summed E-state index contributed by atoms with van der Waals surface area (Å²) in [6.45, 7) is 1.34. The van der Waals surface area contributed by atoms with Crippen molar-refractivity contribution >= 4 is 39.9 Å². The van der Waals surface area contributed by atoms with Crippen molar-refractivity contribution < 1.29 is 9.53 Å². The Labute approximate surface area is 162 Å². The molecule has 0 saturated carbocycles. The molecule has 0 fully saturated rings. The Balaban J connectivity index is 1.69. The Morgan fingerprint density at radius 2 is 1.85 bits per heavy atom. The van der Waals surface area contributed by atoms with Crippen molar-refractivity contribution in [1.29, 1.82) is 0 Å². The minimum absolute atomic E-state index is 0.230. The van der Waals surface area contributed by atoms with Crippen molar-refractivity contribution in [3.8, 4) is 17.1 Å². The van der Waals surface area contributed by atoms with Gasteiger partial charge in [-0.3, -0.25) is 9.59 Å². The molecule has 0 unspecified atom stereocenters. The summed E-state index contributed by atoms with van der Waals surface area (Å²) in [7, 11) is 0. The maximum atomic E-state index is 12.6. The lowest BCUT2D eigenvalue weighted by atomic mass is 10.2. The van der Waals surface area contributed by atoms with Gasteiger partial charge in [-0.1, -0.05) is 35.1 Å². The first-order chi connectivity index (χ1) is 13.0. The molecular formula is C19H12ClN3O3S. The van der Waals surface area contributed by atoms with Gasteiger partial charge in [0.2, 0.25) is 4.96 Å². The fourth-order valence-corrected chi connectivity index (χ4v) is 3.54. The SMILES string of the molecule is CC(=O)Oc1ccc(/C=c2/sc3nc(-c4ccc(Cl)cc4)nn3c2=O)cc1. The summed E-state index contributed by atoms with van der Waals surface area (Å²) in [6, 6.07) is 14.0. The summed E-state index contributed by atoms with van der Waals surface area (Å²) in [5.41, 5.74) is 1.37. The van der Waals surface area contributed by atoms with Gasteiger partial charge in [0.15, 0.2) is 5.82 Å². The molecule has 27 heavy (non-hydrogen) atoms. The second-order valence-electron chi connectivity index (χ2n) is 5.72. The van der Waals surface area contributed by atoms with E-state index < -0.39 is 0 Å². The van der Waals surface area contributed by atoms with Gasteiger partial charge in [-0.2, -0.15) is 9.50 Å². The van der Waals surface area contributed by atoms with E-state index in [4.69, 9.17) is 16.3 Å². The molecule has 0 aliphatic rings. The van der Waals surface area contributed by atoms with Gasteiger partial charge in [-0.05, 0) is 48.0 Å². The zero-order valence-corrected chi connectivity index (χ0v) is 15.6. The quantitative estimate of drug-likeness (QED) is 0.392. The van der Waals surface area contributed by atoms with Crippen LogP contribution in [0.5, 0.6) is 5.75 Å². The highest BCUT2D eigenvalue weighted by molar-refractivity contribution is 7.15. The predicted octanol–water partition coefficient (Wildman–Crippen LogP) is 2.94. The highest BCUT2D eigenvalue weighted by atomic mass is 35.5. The molecule has 0 aliphatic heterocycles. The Morgan fingerprint density at radius 1 is 1.15 bits per heavy atom. The fourth-order valence-electron chi connectivity index (χ4n) is 2.50. The van der Waals surface area contributed by atoms with Crippen molar-refractivity contribution in [3.63, 3.8) is 0 Å². The van der Waals surface area contributed by atoms with E-state index in [1.807, 2.05) is 12.1 Å². The maximum Gasteiger partial charge on any atom is 0.308 e. The van der Waals surface area contributed by atoms with Crippen molar-refractivity contribution in [2.75, 3.05) is 0 Å². The average Bonchev–Trinajstić information content (AvgIpc) is 3.17. The maximum absolute atomic E-state index is 12.6. The third-order valence-corrected chi connectivity index (χ3v) is 4.93. The highest BCUT2D eigenvalue weighted by Gasteiger charge is 2.12. The zero-order chi connectivity index (χ0) is 19.0. The monoisotopic (exact) mass is 397 g/mol. The summed E-state index contributed by atoms with van der Waals surface area (Å²) in [6.07, 6.45) is 1.75. The number of hydrogen-bond donors (Lipinski definition) is 0. The molecule has 4 rings (SSSR count). The molecule has 0 atom stereocenters. The number of aromatic nitrogens is 3. The zero-order valence-electron chi connectivity index (χ0n) is 14.0. The van der Waals surface area contributed by atoms with E-state index in [2.05, 4.69) is 10.1 Å². The van der Waals surface area contributed by atoms with E-state index in [1.54, 1.807) is 42.5 Å². The minimum Gasteiger partial charge on any atom is -0.427 e. The van der Waals surface area contributed by atoms with Crippen molar-refractivity contribution in [2.24, 2.45) is 0 Å². The van der Waals surface area contributed by atoms with Crippen LogP contribution in [0.1, 0.15) is 12.5 Å². The Morgan fingerprint density at radius 3 is 2.48 bits per heavy atom. The fraction of sp³-hybridized carbons (Fsp3) is 0.0526. The standard InChI is InChI=1S/C19H12ClN3O3S/c1-11(24)26-15-8-2-12(3-9-15)10-16-18(25)23-19(27-16)21-17(22-23)13-4-6-14(20)7-5-13/h2-10H,1H3/b16-10+. The number of fused-ring (bicyclic) bond motifs is 1. The molecule has 0 radical (unpaired) electrons. The molecule has 134 valence electrons. The normalized spacial score (nSPS) is 11.9. The molecule has 0 spiro atoms.